The number of anilines is 1. The molecule has 0 amide bonds. The predicted molar refractivity (Wildman–Crippen MR) is 55.0 cm³/mol. The molecule has 0 aliphatic carbocycles. The summed E-state index contributed by atoms with van der Waals surface area (Å²) in [6.45, 7) is 0. The highest BCUT2D eigenvalue weighted by Crippen LogP contribution is 2.28. The second-order valence-electron chi connectivity index (χ2n) is 2.71. The summed E-state index contributed by atoms with van der Waals surface area (Å²) in [6, 6.07) is 5.99. The first-order valence-corrected chi connectivity index (χ1v) is 4.45. The number of methoxy groups -OCH3 is 1. The van der Waals surface area contributed by atoms with Crippen molar-refractivity contribution in [1.29, 1.82) is 0 Å². The Hall–Kier alpha value is -0.700. The zero-order valence-electron chi connectivity index (χ0n) is 7.47. The summed E-state index contributed by atoms with van der Waals surface area (Å²) in [5, 5.41) is 0. The Labute approximate surface area is 81.3 Å². The number of rotatable bonds is 2. The van der Waals surface area contributed by atoms with E-state index in [9.17, 15) is 0 Å². The lowest BCUT2D eigenvalue weighted by molar-refractivity contribution is 0.412. The minimum absolute atomic E-state index is 0.862. The maximum atomic E-state index is 5.11. The normalized spacial score (nSPS) is 9.67. The maximum absolute atomic E-state index is 5.11. The van der Waals surface area contributed by atoms with E-state index in [1.165, 1.54) is 0 Å². The zero-order valence-corrected chi connectivity index (χ0v) is 9.05. The highest BCUT2D eigenvalue weighted by atomic mass is 79.9. The van der Waals surface area contributed by atoms with Crippen LogP contribution < -0.4 is 9.64 Å². The molecule has 12 heavy (non-hydrogen) atoms. The SMILES string of the molecule is COc1ccc(N(C)C)cc1Br. The molecular weight excluding hydrogens is 218 g/mol. The van der Waals surface area contributed by atoms with Gasteiger partial charge in [-0.3, -0.25) is 0 Å². The van der Waals surface area contributed by atoms with Crippen LogP contribution in [-0.2, 0) is 0 Å². The number of ether oxygens (including phenoxy) is 1. The van der Waals surface area contributed by atoms with Crippen molar-refractivity contribution in [2.75, 3.05) is 26.1 Å². The van der Waals surface area contributed by atoms with E-state index in [0.717, 1.165) is 15.9 Å². The molecule has 0 unspecified atom stereocenters. The molecule has 0 radical (unpaired) electrons. The summed E-state index contributed by atoms with van der Waals surface area (Å²) < 4.78 is 6.10. The number of halogens is 1. The van der Waals surface area contributed by atoms with Crippen LogP contribution in [0.5, 0.6) is 5.75 Å². The highest BCUT2D eigenvalue weighted by Gasteiger charge is 2.01. The van der Waals surface area contributed by atoms with Crippen LogP contribution in [0.15, 0.2) is 22.7 Å². The first-order chi connectivity index (χ1) is 5.65. The monoisotopic (exact) mass is 229 g/mol. The van der Waals surface area contributed by atoms with Gasteiger partial charge in [-0.1, -0.05) is 0 Å². The lowest BCUT2D eigenvalue weighted by atomic mass is 10.3. The molecule has 1 aromatic rings. The molecule has 66 valence electrons. The molecule has 0 heterocycles. The van der Waals surface area contributed by atoms with Gasteiger partial charge in [0, 0.05) is 19.8 Å². The van der Waals surface area contributed by atoms with Gasteiger partial charge in [-0.05, 0) is 34.1 Å². The second kappa shape index (κ2) is 3.81. The van der Waals surface area contributed by atoms with Crippen LogP contribution in [0.3, 0.4) is 0 Å². The third kappa shape index (κ3) is 1.91. The van der Waals surface area contributed by atoms with Crippen molar-refractivity contribution in [3.63, 3.8) is 0 Å². The summed E-state index contributed by atoms with van der Waals surface area (Å²) in [6.07, 6.45) is 0. The highest BCUT2D eigenvalue weighted by molar-refractivity contribution is 9.10. The molecule has 1 rings (SSSR count). The summed E-state index contributed by atoms with van der Waals surface area (Å²) >= 11 is 3.42. The van der Waals surface area contributed by atoms with Gasteiger partial charge in [0.15, 0.2) is 0 Å². The van der Waals surface area contributed by atoms with Gasteiger partial charge in [-0.15, -0.1) is 0 Å². The molecule has 2 nitrogen and oxygen atoms in total. The Morgan fingerprint density at radius 3 is 2.42 bits per heavy atom. The first-order valence-electron chi connectivity index (χ1n) is 3.66. The Morgan fingerprint density at radius 1 is 1.33 bits per heavy atom. The van der Waals surface area contributed by atoms with Crippen LogP contribution in [0.2, 0.25) is 0 Å². The van der Waals surface area contributed by atoms with E-state index in [2.05, 4.69) is 15.9 Å². The average Bonchev–Trinajstić information content (AvgIpc) is 2.04. The summed E-state index contributed by atoms with van der Waals surface area (Å²) in [5.41, 5.74) is 1.16. The van der Waals surface area contributed by atoms with E-state index in [1.54, 1.807) is 7.11 Å². The Morgan fingerprint density at radius 2 is 2.00 bits per heavy atom. The topological polar surface area (TPSA) is 12.5 Å². The van der Waals surface area contributed by atoms with Gasteiger partial charge in [0.05, 0.1) is 11.6 Å². The molecule has 0 N–H and O–H groups in total. The predicted octanol–water partition coefficient (Wildman–Crippen LogP) is 2.52. The fourth-order valence-electron chi connectivity index (χ4n) is 0.933. The van der Waals surface area contributed by atoms with Gasteiger partial charge in [-0.2, -0.15) is 0 Å². The van der Waals surface area contributed by atoms with Crippen molar-refractivity contribution in [2.24, 2.45) is 0 Å². The van der Waals surface area contributed by atoms with Gasteiger partial charge in [-0.25, -0.2) is 0 Å². The number of benzene rings is 1. The largest absolute Gasteiger partial charge is 0.496 e. The van der Waals surface area contributed by atoms with Crippen LogP contribution in [0.25, 0.3) is 0 Å². The van der Waals surface area contributed by atoms with Gasteiger partial charge in [0.25, 0.3) is 0 Å². The molecule has 0 atom stereocenters. The standard InChI is InChI=1S/C9H12BrNO/c1-11(2)7-4-5-9(12-3)8(10)6-7/h4-6H,1-3H3. The van der Waals surface area contributed by atoms with Crippen molar-refractivity contribution in [2.45, 2.75) is 0 Å². The molecule has 0 spiro atoms. The fraction of sp³-hybridized carbons (Fsp3) is 0.333. The quantitative estimate of drug-likeness (QED) is 0.773. The van der Waals surface area contributed by atoms with Crippen LogP contribution >= 0.6 is 15.9 Å². The molecule has 0 fully saturated rings. The molecule has 3 heteroatoms. The van der Waals surface area contributed by atoms with Crippen LogP contribution in [0.4, 0.5) is 5.69 Å². The first kappa shape index (κ1) is 9.39. The van der Waals surface area contributed by atoms with Crippen LogP contribution in [-0.4, -0.2) is 21.2 Å². The third-order valence-electron chi connectivity index (χ3n) is 1.65. The van der Waals surface area contributed by atoms with E-state index in [0.29, 0.717) is 0 Å². The Bertz CT molecular complexity index is 273. The molecule has 0 aliphatic rings. The van der Waals surface area contributed by atoms with Crippen molar-refractivity contribution < 1.29 is 4.74 Å². The van der Waals surface area contributed by atoms with E-state index in [-0.39, 0.29) is 0 Å². The Kier molecular flexibility index (Phi) is 2.98. The minimum Gasteiger partial charge on any atom is -0.496 e. The smallest absolute Gasteiger partial charge is 0.133 e. The molecule has 1 aromatic carbocycles. The van der Waals surface area contributed by atoms with E-state index < -0.39 is 0 Å². The molecule has 0 bridgehead atoms. The van der Waals surface area contributed by atoms with Crippen molar-refractivity contribution in [3.8, 4) is 5.75 Å². The maximum Gasteiger partial charge on any atom is 0.133 e. The van der Waals surface area contributed by atoms with Crippen molar-refractivity contribution >= 4 is 21.6 Å². The fourth-order valence-corrected chi connectivity index (χ4v) is 1.46. The molecule has 0 saturated heterocycles. The summed E-state index contributed by atoms with van der Waals surface area (Å²) in [4.78, 5) is 2.05. The number of hydrogen-bond acceptors (Lipinski definition) is 2. The van der Waals surface area contributed by atoms with Crippen molar-refractivity contribution in [3.05, 3.63) is 22.7 Å². The van der Waals surface area contributed by atoms with E-state index >= 15 is 0 Å². The summed E-state index contributed by atoms with van der Waals surface area (Å²) in [7, 11) is 5.68. The van der Waals surface area contributed by atoms with Gasteiger partial charge in [0.1, 0.15) is 5.75 Å². The molecule has 0 aliphatic heterocycles. The van der Waals surface area contributed by atoms with Gasteiger partial charge >= 0.3 is 0 Å². The lowest BCUT2D eigenvalue weighted by Gasteiger charge is -2.13. The molecular formula is C9H12BrNO. The number of nitrogens with zero attached hydrogens (tertiary/aromatic N) is 1. The zero-order chi connectivity index (χ0) is 9.14. The van der Waals surface area contributed by atoms with E-state index in [4.69, 9.17) is 4.74 Å². The summed E-state index contributed by atoms with van der Waals surface area (Å²) in [5.74, 6) is 0.862. The Balaban J connectivity index is 3.02. The lowest BCUT2D eigenvalue weighted by Crippen LogP contribution is -2.08. The third-order valence-corrected chi connectivity index (χ3v) is 2.27. The second-order valence-corrected chi connectivity index (χ2v) is 3.57. The van der Waals surface area contributed by atoms with Crippen LogP contribution in [0.1, 0.15) is 0 Å². The number of hydrogen-bond donors (Lipinski definition) is 0. The van der Waals surface area contributed by atoms with E-state index in [1.807, 2.05) is 37.2 Å². The van der Waals surface area contributed by atoms with Crippen LogP contribution in [0, 0.1) is 0 Å². The minimum atomic E-state index is 0.862. The van der Waals surface area contributed by atoms with Gasteiger partial charge < -0.3 is 9.64 Å². The van der Waals surface area contributed by atoms with Crippen molar-refractivity contribution in [1.82, 2.24) is 0 Å². The van der Waals surface area contributed by atoms with Gasteiger partial charge in [0.2, 0.25) is 0 Å². The average molecular weight is 230 g/mol. The molecule has 0 aromatic heterocycles. The molecule has 0 saturated carbocycles.